The van der Waals surface area contributed by atoms with Gasteiger partial charge in [0.05, 0.1) is 13.2 Å². The van der Waals surface area contributed by atoms with E-state index >= 15 is 0 Å². The van der Waals surface area contributed by atoms with E-state index in [9.17, 15) is 0 Å². The van der Waals surface area contributed by atoms with Gasteiger partial charge in [-0.05, 0) is 45.7 Å². The molecule has 1 rings (SSSR count). The van der Waals surface area contributed by atoms with Crippen LogP contribution in [0.3, 0.4) is 0 Å². The molecule has 0 radical (unpaired) electrons. The molecule has 0 unspecified atom stereocenters. The molecule has 2 N–H and O–H groups in total. The zero-order valence-electron chi connectivity index (χ0n) is 11.7. The van der Waals surface area contributed by atoms with Crippen molar-refractivity contribution in [2.75, 3.05) is 7.11 Å². The highest BCUT2D eigenvalue weighted by molar-refractivity contribution is 6.31. The molecule has 0 saturated heterocycles. The van der Waals surface area contributed by atoms with E-state index in [0.717, 1.165) is 5.56 Å². The van der Waals surface area contributed by atoms with Crippen LogP contribution in [0.1, 0.15) is 33.3 Å². The first-order valence-electron chi connectivity index (χ1n) is 6.05. The summed E-state index contributed by atoms with van der Waals surface area (Å²) in [6.45, 7) is 7.88. The van der Waals surface area contributed by atoms with Crippen molar-refractivity contribution in [3.8, 4) is 11.5 Å². The average molecular weight is 272 g/mol. The minimum atomic E-state index is -0.312. The van der Waals surface area contributed by atoms with Crippen molar-refractivity contribution in [1.82, 2.24) is 0 Å². The fourth-order valence-electron chi connectivity index (χ4n) is 1.71. The van der Waals surface area contributed by atoms with Crippen LogP contribution in [-0.2, 0) is 6.42 Å². The van der Waals surface area contributed by atoms with Gasteiger partial charge in [-0.2, -0.15) is 0 Å². The number of ether oxygens (including phenoxy) is 2. The van der Waals surface area contributed by atoms with Gasteiger partial charge in [-0.1, -0.05) is 11.6 Å². The monoisotopic (exact) mass is 271 g/mol. The number of methoxy groups -OCH3 is 1. The van der Waals surface area contributed by atoms with Crippen molar-refractivity contribution >= 4 is 11.6 Å². The molecular formula is C14H22ClNO2. The molecule has 0 heterocycles. The molecule has 0 spiro atoms. The van der Waals surface area contributed by atoms with Crippen LogP contribution in [0.25, 0.3) is 0 Å². The molecule has 1 aromatic rings. The summed E-state index contributed by atoms with van der Waals surface area (Å²) in [5.74, 6) is 1.35. The standard InChI is InChI=1S/C14H22ClNO2/c1-9(2)18-13-6-10(8-14(3,4)16)11(15)7-12(13)17-5/h6-7,9H,8,16H2,1-5H3. The van der Waals surface area contributed by atoms with Crippen molar-refractivity contribution in [2.24, 2.45) is 5.73 Å². The molecule has 0 fully saturated rings. The van der Waals surface area contributed by atoms with E-state index in [1.54, 1.807) is 13.2 Å². The molecule has 0 saturated carbocycles. The Labute approximate surface area is 114 Å². The molecule has 0 amide bonds. The maximum absolute atomic E-state index is 6.23. The second-order valence-electron chi connectivity index (χ2n) is 5.43. The first-order valence-corrected chi connectivity index (χ1v) is 6.42. The number of rotatable bonds is 5. The molecule has 0 aromatic heterocycles. The van der Waals surface area contributed by atoms with Crippen molar-refractivity contribution in [3.63, 3.8) is 0 Å². The fourth-order valence-corrected chi connectivity index (χ4v) is 1.93. The van der Waals surface area contributed by atoms with Crippen LogP contribution in [0.5, 0.6) is 11.5 Å². The van der Waals surface area contributed by atoms with Crippen molar-refractivity contribution in [2.45, 2.75) is 45.8 Å². The molecule has 1 aromatic carbocycles. The van der Waals surface area contributed by atoms with Gasteiger partial charge in [-0.3, -0.25) is 0 Å². The lowest BCUT2D eigenvalue weighted by Gasteiger charge is -2.21. The SMILES string of the molecule is COc1cc(Cl)c(CC(C)(C)N)cc1OC(C)C. The molecule has 102 valence electrons. The molecule has 0 aliphatic heterocycles. The van der Waals surface area contributed by atoms with E-state index in [4.69, 9.17) is 26.8 Å². The summed E-state index contributed by atoms with van der Waals surface area (Å²) in [7, 11) is 1.60. The van der Waals surface area contributed by atoms with Gasteiger partial charge in [-0.15, -0.1) is 0 Å². The minimum absolute atomic E-state index is 0.0822. The van der Waals surface area contributed by atoms with E-state index < -0.39 is 0 Å². The van der Waals surface area contributed by atoms with Gasteiger partial charge in [0.25, 0.3) is 0 Å². The van der Waals surface area contributed by atoms with Crippen LogP contribution in [0.2, 0.25) is 5.02 Å². The Bertz CT molecular complexity index is 411. The third-order valence-electron chi connectivity index (χ3n) is 2.34. The number of hydrogen-bond acceptors (Lipinski definition) is 3. The lowest BCUT2D eigenvalue weighted by molar-refractivity contribution is 0.230. The second kappa shape index (κ2) is 5.81. The molecule has 0 atom stereocenters. The topological polar surface area (TPSA) is 44.5 Å². The lowest BCUT2D eigenvalue weighted by atomic mass is 9.96. The number of benzene rings is 1. The second-order valence-corrected chi connectivity index (χ2v) is 5.83. The van der Waals surface area contributed by atoms with Gasteiger partial charge in [0.2, 0.25) is 0 Å². The van der Waals surface area contributed by atoms with E-state index in [0.29, 0.717) is 22.9 Å². The highest BCUT2D eigenvalue weighted by atomic mass is 35.5. The first-order chi connectivity index (χ1) is 8.23. The van der Waals surface area contributed by atoms with E-state index in [1.807, 2.05) is 33.8 Å². The summed E-state index contributed by atoms with van der Waals surface area (Å²) in [5, 5.41) is 0.654. The maximum Gasteiger partial charge on any atom is 0.162 e. The highest BCUT2D eigenvalue weighted by Crippen LogP contribution is 2.35. The number of nitrogens with two attached hydrogens (primary N) is 1. The van der Waals surface area contributed by atoms with Crippen molar-refractivity contribution in [1.29, 1.82) is 0 Å². The molecule has 0 aliphatic rings. The molecule has 0 bridgehead atoms. The predicted octanol–water partition coefficient (Wildman–Crippen LogP) is 3.42. The Balaban J connectivity index is 3.12. The Morgan fingerprint density at radius 1 is 1.28 bits per heavy atom. The summed E-state index contributed by atoms with van der Waals surface area (Å²) in [6, 6.07) is 3.69. The predicted molar refractivity (Wildman–Crippen MR) is 75.7 cm³/mol. The third-order valence-corrected chi connectivity index (χ3v) is 2.69. The lowest BCUT2D eigenvalue weighted by Crippen LogP contribution is -2.34. The summed E-state index contributed by atoms with van der Waals surface area (Å²) in [5.41, 5.74) is 6.69. The summed E-state index contributed by atoms with van der Waals surface area (Å²) in [4.78, 5) is 0. The first kappa shape index (κ1) is 15.1. The van der Waals surface area contributed by atoms with E-state index in [2.05, 4.69) is 0 Å². The maximum atomic E-state index is 6.23. The summed E-state index contributed by atoms with van der Waals surface area (Å²) in [6.07, 6.45) is 0.767. The van der Waals surface area contributed by atoms with Crippen molar-refractivity contribution in [3.05, 3.63) is 22.7 Å². The van der Waals surface area contributed by atoms with Gasteiger partial charge < -0.3 is 15.2 Å². The van der Waals surface area contributed by atoms with Gasteiger partial charge in [-0.25, -0.2) is 0 Å². The average Bonchev–Trinajstić information content (AvgIpc) is 2.19. The van der Waals surface area contributed by atoms with Gasteiger partial charge in [0.15, 0.2) is 11.5 Å². The third kappa shape index (κ3) is 4.39. The fraction of sp³-hybridized carbons (Fsp3) is 0.571. The van der Waals surface area contributed by atoms with Crippen LogP contribution in [-0.4, -0.2) is 18.8 Å². The zero-order chi connectivity index (χ0) is 13.9. The molecule has 0 aliphatic carbocycles. The molecule has 4 heteroatoms. The van der Waals surface area contributed by atoms with E-state index in [1.165, 1.54) is 0 Å². The summed E-state index contributed by atoms with van der Waals surface area (Å²) >= 11 is 6.23. The normalized spacial score (nSPS) is 11.8. The Morgan fingerprint density at radius 2 is 1.89 bits per heavy atom. The Hall–Kier alpha value is -0.930. The minimum Gasteiger partial charge on any atom is -0.493 e. The van der Waals surface area contributed by atoms with Crippen LogP contribution in [0.15, 0.2) is 12.1 Å². The van der Waals surface area contributed by atoms with Crippen LogP contribution in [0.4, 0.5) is 0 Å². The van der Waals surface area contributed by atoms with Gasteiger partial charge in [0, 0.05) is 16.6 Å². The smallest absolute Gasteiger partial charge is 0.162 e. The van der Waals surface area contributed by atoms with Gasteiger partial charge >= 0.3 is 0 Å². The van der Waals surface area contributed by atoms with Crippen LogP contribution in [0, 0.1) is 0 Å². The molecular weight excluding hydrogens is 250 g/mol. The number of hydrogen-bond donors (Lipinski definition) is 1. The quantitative estimate of drug-likeness (QED) is 0.892. The highest BCUT2D eigenvalue weighted by Gasteiger charge is 2.17. The van der Waals surface area contributed by atoms with Crippen LogP contribution < -0.4 is 15.2 Å². The largest absolute Gasteiger partial charge is 0.493 e. The van der Waals surface area contributed by atoms with Crippen LogP contribution >= 0.6 is 11.6 Å². The van der Waals surface area contributed by atoms with Crippen molar-refractivity contribution < 1.29 is 9.47 Å². The zero-order valence-corrected chi connectivity index (χ0v) is 12.5. The number of halogens is 1. The Kier molecular flexibility index (Phi) is 4.88. The summed E-state index contributed by atoms with van der Waals surface area (Å²) < 4.78 is 11.0. The Morgan fingerprint density at radius 3 is 2.33 bits per heavy atom. The van der Waals surface area contributed by atoms with E-state index in [-0.39, 0.29) is 11.6 Å². The molecule has 3 nitrogen and oxygen atoms in total. The van der Waals surface area contributed by atoms with Gasteiger partial charge in [0.1, 0.15) is 0 Å². The molecule has 18 heavy (non-hydrogen) atoms.